The van der Waals surface area contributed by atoms with Crippen molar-refractivity contribution >= 4 is 29.3 Å². The van der Waals surface area contributed by atoms with Crippen LogP contribution in [0.2, 0.25) is 5.02 Å². The first kappa shape index (κ1) is 14.0. The van der Waals surface area contributed by atoms with E-state index in [2.05, 4.69) is 10.6 Å². The molecule has 6 nitrogen and oxygen atoms in total. The highest BCUT2D eigenvalue weighted by Crippen LogP contribution is 2.20. The van der Waals surface area contributed by atoms with Crippen LogP contribution in [0.15, 0.2) is 41.2 Å². The van der Waals surface area contributed by atoms with Gasteiger partial charge in [0.05, 0.1) is 23.1 Å². The Morgan fingerprint density at radius 1 is 1.30 bits per heavy atom. The SMILES string of the molecule is O=C(NCc1ccoc1)Nc1ccc(C(=O)O)c(Cl)c1. The van der Waals surface area contributed by atoms with E-state index in [0.717, 1.165) is 5.56 Å². The molecule has 0 saturated carbocycles. The van der Waals surface area contributed by atoms with E-state index in [1.54, 1.807) is 6.07 Å². The van der Waals surface area contributed by atoms with E-state index >= 15 is 0 Å². The van der Waals surface area contributed by atoms with Crippen molar-refractivity contribution in [2.75, 3.05) is 5.32 Å². The molecule has 2 amide bonds. The highest BCUT2D eigenvalue weighted by Gasteiger charge is 2.10. The molecule has 0 aliphatic carbocycles. The van der Waals surface area contributed by atoms with Crippen LogP contribution in [0.4, 0.5) is 10.5 Å². The van der Waals surface area contributed by atoms with Crippen LogP contribution in [0.1, 0.15) is 15.9 Å². The van der Waals surface area contributed by atoms with Gasteiger partial charge >= 0.3 is 12.0 Å². The largest absolute Gasteiger partial charge is 0.478 e. The number of carboxylic acid groups (broad SMARTS) is 1. The van der Waals surface area contributed by atoms with E-state index in [0.29, 0.717) is 12.2 Å². The van der Waals surface area contributed by atoms with Crippen LogP contribution >= 0.6 is 11.6 Å². The van der Waals surface area contributed by atoms with Gasteiger partial charge in [0, 0.05) is 17.8 Å². The summed E-state index contributed by atoms with van der Waals surface area (Å²) in [5.74, 6) is -1.12. The average Bonchev–Trinajstić information content (AvgIpc) is 2.89. The molecule has 20 heavy (non-hydrogen) atoms. The lowest BCUT2D eigenvalue weighted by Gasteiger charge is -2.08. The first-order valence-corrected chi connectivity index (χ1v) is 6.03. The summed E-state index contributed by atoms with van der Waals surface area (Å²) in [5, 5.41) is 14.1. The Morgan fingerprint density at radius 3 is 2.70 bits per heavy atom. The molecule has 7 heteroatoms. The smallest absolute Gasteiger partial charge is 0.337 e. The number of hydrogen-bond donors (Lipinski definition) is 3. The number of amides is 2. The maximum absolute atomic E-state index is 11.6. The van der Waals surface area contributed by atoms with E-state index in [1.165, 1.54) is 30.7 Å². The fraction of sp³-hybridized carbons (Fsp3) is 0.0769. The molecule has 0 saturated heterocycles. The number of halogens is 1. The quantitative estimate of drug-likeness (QED) is 0.808. The Kier molecular flexibility index (Phi) is 4.27. The van der Waals surface area contributed by atoms with E-state index < -0.39 is 12.0 Å². The van der Waals surface area contributed by atoms with Gasteiger partial charge in [-0.3, -0.25) is 0 Å². The molecule has 0 unspecified atom stereocenters. The summed E-state index contributed by atoms with van der Waals surface area (Å²) in [4.78, 5) is 22.4. The van der Waals surface area contributed by atoms with Crippen molar-refractivity contribution in [1.29, 1.82) is 0 Å². The molecule has 1 aromatic carbocycles. The van der Waals surface area contributed by atoms with Crippen molar-refractivity contribution in [3.05, 3.63) is 52.9 Å². The zero-order valence-electron chi connectivity index (χ0n) is 10.2. The van der Waals surface area contributed by atoms with Crippen LogP contribution in [0.3, 0.4) is 0 Å². The minimum atomic E-state index is -1.12. The Bertz CT molecular complexity index is 625. The summed E-state index contributed by atoms with van der Waals surface area (Å²) in [6, 6.07) is 5.48. The van der Waals surface area contributed by atoms with E-state index in [4.69, 9.17) is 21.1 Å². The molecule has 3 N–H and O–H groups in total. The average molecular weight is 295 g/mol. The number of furan rings is 1. The van der Waals surface area contributed by atoms with Crippen molar-refractivity contribution < 1.29 is 19.1 Å². The molecule has 2 aromatic rings. The van der Waals surface area contributed by atoms with Gasteiger partial charge in [0.2, 0.25) is 0 Å². The monoisotopic (exact) mass is 294 g/mol. The van der Waals surface area contributed by atoms with E-state index in [1.807, 2.05) is 0 Å². The number of nitrogens with one attached hydrogen (secondary N) is 2. The summed E-state index contributed by atoms with van der Waals surface area (Å²) in [6.07, 6.45) is 3.04. The van der Waals surface area contributed by atoms with Gasteiger partial charge in [0.25, 0.3) is 0 Å². The van der Waals surface area contributed by atoms with Crippen LogP contribution in [-0.2, 0) is 6.54 Å². The molecule has 0 fully saturated rings. The zero-order valence-corrected chi connectivity index (χ0v) is 11.0. The van der Waals surface area contributed by atoms with Gasteiger partial charge in [-0.25, -0.2) is 9.59 Å². The van der Waals surface area contributed by atoms with Gasteiger partial charge in [0.1, 0.15) is 0 Å². The molecule has 0 bridgehead atoms. The second kappa shape index (κ2) is 6.12. The standard InChI is InChI=1S/C13H11ClN2O4/c14-11-5-9(1-2-10(11)12(17)18)16-13(19)15-6-8-3-4-20-7-8/h1-5,7H,6H2,(H,17,18)(H2,15,16,19). The van der Waals surface area contributed by atoms with Gasteiger partial charge in [-0.05, 0) is 24.3 Å². The Labute approximate surface area is 119 Å². The highest BCUT2D eigenvalue weighted by atomic mass is 35.5. The number of carbonyl (C=O) groups excluding carboxylic acids is 1. The van der Waals surface area contributed by atoms with Gasteiger partial charge in [-0.1, -0.05) is 11.6 Å². The molecule has 104 valence electrons. The first-order chi connectivity index (χ1) is 9.56. The third kappa shape index (κ3) is 3.52. The molecule has 0 aliphatic heterocycles. The fourth-order valence-electron chi connectivity index (χ4n) is 1.52. The maximum atomic E-state index is 11.6. The van der Waals surface area contributed by atoms with Crippen molar-refractivity contribution in [3.63, 3.8) is 0 Å². The number of benzene rings is 1. The lowest BCUT2D eigenvalue weighted by Crippen LogP contribution is -2.28. The minimum Gasteiger partial charge on any atom is -0.478 e. The van der Waals surface area contributed by atoms with Crippen LogP contribution in [0.25, 0.3) is 0 Å². The topological polar surface area (TPSA) is 91.6 Å². The number of hydrogen-bond acceptors (Lipinski definition) is 3. The number of carboxylic acids is 1. The molecule has 0 aliphatic rings. The molecule has 1 aromatic heterocycles. The number of carbonyl (C=O) groups is 2. The van der Waals surface area contributed by atoms with Crippen molar-refractivity contribution in [2.45, 2.75) is 6.54 Å². The number of rotatable bonds is 4. The zero-order chi connectivity index (χ0) is 14.5. The summed E-state index contributed by atoms with van der Waals surface area (Å²) in [6.45, 7) is 0.323. The third-order valence-corrected chi connectivity index (χ3v) is 2.80. The summed E-state index contributed by atoms with van der Waals surface area (Å²) < 4.78 is 4.87. The van der Waals surface area contributed by atoms with Crippen LogP contribution in [0.5, 0.6) is 0 Å². The number of anilines is 1. The normalized spacial score (nSPS) is 10.1. The van der Waals surface area contributed by atoms with Crippen molar-refractivity contribution in [2.24, 2.45) is 0 Å². The highest BCUT2D eigenvalue weighted by molar-refractivity contribution is 6.33. The molecule has 0 atom stereocenters. The molecular weight excluding hydrogens is 284 g/mol. The number of urea groups is 1. The summed E-state index contributed by atoms with van der Waals surface area (Å²) in [5.41, 5.74) is 1.22. The maximum Gasteiger partial charge on any atom is 0.337 e. The minimum absolute atomic E-state index is 0.0176. The lowest BCUT2D eigenvalue weighted by molar-refractivity contribution is 0.0697. The Balaban J connectivity index is 1.94. The van der Waals surface area contributed by atoms with Crippen LogP contribution in [-0.4, -0.2) is 17.1 Å². The molecule has 1 heterocycles. The van der Waals surface area contributed by atoms with E-state index in [9.17, 15) is 9.59 Å². The van der Waals surface area contributed by atoms with E-state index in [-0.39, 0.29) is 10.6 Å². The molecular formula is C13H11ClN2O4. The molecule has 2 rings (SSSR count). The first-order valence-electron chi connectivity index (χ1n) is 5.65. The van der Waals surface area contributed by atoms with Gasteiger partial charge in [0.15, 0.2) is 0 Å². The predicted molar refractivity (Wildman–Crippen MR) is 73.0 cm³/mol. The van der Waals surface area contributed by atoms with Crippen molar-refractivity contribution in [1.82, 2.24) is 5.32 Å². The fourth-order valence-corrected chi connectivity index (χ4v) is 1.78. The van der Waals surface area contributed by atoms with Crippen LogP contribution < -0.4 is 10.6 Å². The lowest BCUT2D eigenvalue weighted by atomic mass is 10.2. The van der Waals surface area contributed by atoms with Gasteiger partial charge in [-0.2, -0.15) is 0 Å². The van der Waals surface area contributed by atoms with Gasteiger partial charge < -0.3 is 20.2 Å². The van der Waals surface area contributed by atoms with Crippen LogP contribution in [0, 0.1) is 0 Å². The second-order valence-electron chi connectivity index (χ2n) is 3.94. The Hall–Kier alpha value is -2.47. The predicted octanol–water partition coefficient (Wildman–Crippen LogP) is 2.95. The number of aromatic carboxylic acids is 1. The third-order valence-electron chi connectivity index (χ3n) is 2.49. The Morgan fingerprint density at radius 2 is 2.10 bits per heavy atom. The summed E-state index contributed by atoms with van der Waals surface area (Å²) >= 11 is 5.80. The van der Waals surface area contributed by atoms with Gasteiger partial charge in [-0.15, -0.1) is 0 Å². The second-order valence-corrected chi connectivity index (χ2v) is 4.35. The molecule has 0 radical (unpaired) electrons. The summed E-state index contributed by atoms with van der Waals surface area (Å²) in [7, 11) is 0. The van der Waals surface area contributed by atoms with Crippen molar-refractivity contribution in [3.8, 4) is 0 Å². The molecule has 0 spiro atoms.